The molecule has 1 N–H and O–H groups in total. The van der Waals surface area contributed by atoms with E-state index in [2.05, 4.69) is 4.98 Å². The highest BCUT2D eigenvalue weighted by Crippen LogP contribution is 2.01. The van der Waals surface area contributed by atoms with Crippen molar-refractivity contribution in [1.29, 1.82) is 0 Å². The number of rotatable bonds is 1. The van der Waals surface area contributed by atoms with Crippen LogP contribution in [0.4, 0.5) is 4.39 Å². The summed E-state index contributed by atoms with van der Waals surface area (Å²) in [5, 5.41) is 0. The van der Waals surface area contributed by atoms with Crippen LogP contribution in [0.5, 0.6) is 0 Å². The van der Waals surface area contributed by atoms with Gasteiger partial charge in [-0.05, 0) is 6.42 Å². The molecule has 0 aliphatic rings. The maximum atomic E-state index is 12.6. The van der Waals surface area contributed by atoms with Crippen molar-refractivity contribution in [2.75, 3.05) is 0 Å². The molecule has 0 aliphatic carbocycles. The fourth-order valence-corrected chi connectivity index (χ4v) is 0.748. The largest absolute Gasteiger partial charge is 0.329 e. The van der Waals surface area contributed by atoms with E-state index in [9.17, 15) is 9.18 Å². The fourth-order valence-electron chi connectivity index (χ4n) is 0.748. The van der Waals surface area contributed by atoms with Crippen LogP contribution in [0.1, 0.15) is 12.5 Å². The molecule has 1 rings (SSSR count). The molecular formula is C7H8FNO. The number of nitrogens with one attached hydrogen (secondary N) is 1. The van der Waals surface area contributed by atoms with E-state index < -0.39 is 11.4 Å². The van der Waals surface area contributed by atoms with Crippen LogP contribution in [0.2, 0.25) is 0 Å². The van der Waals surface area contributed by atoms with Gasteiger partial charge >= 0.3 is 0 Å². The Morgan fingerprint density at radius 3 is 2.90 bits per heavy atom. The van der Waals surface area contributed by atoms with Crippen LogP contribution in [0, 0.1) is 5.82 Å². The molecule has 0 radical (unpaired) electrons. The minimum Gasteiger partial charge on any atom is -0.329 e. The molecule has 0 unspecified atom stereocenters. The molecule has 0 aromatic carbocycles. The molecule has 0 fully saturated rings. The van der Waals surface area contributed by atoms with E-state index >= 15 is 0 Å². The Morgan fingerprint density at radius 2 is 2.40 bits per heavy atom. The van der Waals surface area contributed by atoms with E-state index in [0.29, 0.717) is 12.0 Å². The van der Waals surface area contributed by atoms with Crippen LogP contribution in [0.15, 0.2) is 17.1 Å². The molecule has 3 heteroatoms. The molecule has 0 bridgehead atoms. The van der Waals surface area contributed by atoms with Crippen LogP contribution in [0.3, 0.4) is 0 Å². The SMILES string of the molecule is CCc1c[nH]c(=O)cc1F. The van der Waals surface area contributed by atoms with Crippen molar-refractivity contribution >= 4 is 0 Å². The lowest BCUT2D eigenvalue weighted by molar-refractivity contribution is 0.607. The van der Waals surface area contributed by atoms with Gasteiger partial charge in [-0.25, -0.2) is 4.39 Å². The minimum atomic E-state index is -0.425. The number of hydrogen-bond donors (Lipinski definition) is 1. The fraction of sp³-hybridized carbons (Fsp3) is 0.286. The summed E-state index contributed by atoms with van der Waals surface area (Å²) in [6.45, 7) is 1.83. The minimum absolute atomic E-state index is 0.394. The molecule has 0 saturated heterocycles. The zero-order chi connectivity index (χ0) is 7.56. The van der Waals surface area contributed by atoms with Crippen LogP contribution >= 0.6 is 0 Å². The predicted octanol–water partition coefficient (Wildman–Crippen LogP) is 1.08. The smallest absolute Gasteiger partial charge is 0.250 e. The van der Waals surface area contributed by atoms with Crippen LogP contribution in [-0.4, -0.2) is 4.98 Å². The molecule has 0 atom stereocenters. The van der Waals surface area contributed by atoms with Crippen LogP contribution < -0.4 is 5.56 Å². The standard InChI is InChI=1S/C7H8FNO/c1-2-5-4-9-7(10)3-6(5)8/h3-4H,2H2,1H3,(H,9,10). The Morgan fingerprint density at radius 1 is 1.70 bits per heavy atom. The summed E-state index contributed by atoms with van der Waals surface area (Å²) >= 11 is 0. The number of aromatic amines is 1. The van der Waals surface area contributed by atoms with Gasteiger partial charge in [0.15, 0.2) is 0 Å². The summed E-state index contributed by atoms with van der Waals surface area (Å²) in [5.74, 6) is -0.425. The molecule has 0 saturated carbocycles. The van der Waals surface area contributed by atoms with E-state index in [-0.39, 0.29) is 0 Å². The third kappa shape index (κ3) is 1.23. The molecule has 10 heavy (non-hydrogen) atoms. The second kappa shape index (κ2) is 2.64. The molecular weight excluding hydrogens is 133 g/mol. The average molecular weight is 141 g/mol. The van der Waals surface area contributed by atoms with Crippen molar-refractivity contribution in [1.82, 2.24) is 4.98 Å². The van der Waals surface area contributed by atoms with Crippen molar-refractivity contribution in [3.63, 3.8) is 0 Å². The first-order valence-corrected chi connectivity index (χ1v) is 3.11. The molecule has 0 spiro atoms. The van der Waals surface area contributed by atoms with Crippen molar-refractivity contribution in [2.24, 2.45) is 0 Å². The zero-order valence-corrected chi connectivity index (χ0v) is 5.65. The highest BCUT2D eigenvalue weighted by Gasteiger charge is 1.97. The van der Waals surface area contributed by atoms with Crippen molar-refractivity contribution in [2.45, 2.75) is 13.3 Å². The van der Waals surface area contributed by atoms with Gasteiger partial charge in [-0.1, -0.05) is 6.92 Å². The van der Waals surface area contributed by atoms with Gasteiger partial charge in [0.05, 0.1) is 0 Å². The number of aromatic nitrogens is 1. The number of hydrogen-bond acceptors (Lipinski definition) is 1. The average Bonchev–Trinajstić information content (AvgIpc) is 1.88. The molecule has 1 aromatic rings. The Kier molecular flexibility index (Phi) is 1.85. The van der Waals surface area contributed by atoms with Crippen LogP contribution in [-0.2, 0) is 6.42 Å². The third-order valence-corrected chi connectivity index (χ3v) is 1.33. The van der Waals surface area contributed by atoms with Gasteiger partial charge in [0.1, 0.15) is 5.82 Å². The second-order valence-corrected chi connectivity index (χ2v) is 2.02. The molecule has 0 amide bonds. The van der Waals surface area contributed by atoms with Gasteiger partial charge in [0.2, 0.25) is 0 Å². The summed E-state index contributed by atoms with van der Waals surface area (Å²) in [6, 6.07) is 0.957. The highest BCUT2D eigenvalue weighted by atomic mass is 19.1. The predicted molar refractivity (Wildman–Crippen MR) is 36.4 cm³/mol. The first kappa shape index (κ1) is 6.99. The Balaban J connectivity index is 3.19. The van der Waals surface area contributed by atoms with Gasteiger partial charge in [0.25, 0.3) is 5.56 Å². The molecule has 1 heterocycles. The Hall–Kier alpha value is -1.12. The molecule has 0 aliphatic heterocycles. The first-order valence-electron chi connectivity index (χ1n) is 3.11. The summed E-state index contributed by atoms with van der Waals surface area (Å²) in [7, 11) is 0. The van der Waals surface area contributed by atoms with E-state index in [0.717, 1.165) is 6.07 Å². The lowest BCUT2D eigenvalue weighted by Gasteiger charge is -1.94. The Labute approximate surface area is 57.7 Å². The topological polar surface area (TPSA) is 32.9 Å². The first-order chi connectivity index (χ1) is 4.74. The van der Waals surface area contributed by atoms with E-state index in [1.807, 2.05) is 6.92 Å². The van der Waals surface area contributed by atoms with E-state index in [1.54, 1.807) is 0 Å². The maximum absolute atomic E-state index is 12.6. The van der Waals surface area contributed by atoms with Gasteiger partial charge in [-0.2, -0.15) is 0 Å². The van der Waals surface area contributed by atoms with Crippen molar-refractivity contribution in [3.05, 3.63) is 34.0 Å². The maximum Gasteiger partial charge on any atom is 0.250 e. The molecule has 1 aromatic heterocycles. The highest BCUT2D eigenvalue weighted by molar-refractivity contribution is 5.10. The number of H-pyrrole nitrogens is 1. The summed E-state index contributed by atoms with van der Waals surface area (Å²) in [5.41, 5.74) is 0.148. The van der Waals surface area contributed by atoms with Crippen LogP contribution in [0.25, 0.3) is 0 Å². The van der Waals surface area contributed by atoms with Crippen molar-refractivity contribution in [3.8, 4) is 0 Å². The van der Waals surface area contributed by atoms with Gasteiger partial charge in [0, 0.05) is 17.8 Å². The van der Waals surface area contributed by atoms with Gasteiger partial charge in [-0.3, -0.25) is 4.79 Å². The normalized spacial score (nSPS) is 9.80. The van der Waals surface area contributed by atoms with E-state index in [1.165, 1.54) is 6.20 Å². The molecule has 2 nitrogen and oxygen atoms in total. The lowest BCUT2D eigenvalue weighted by Crippen LogP contribution is -2.06. The van der Waals surface area contributed by atoms with E-state index in [4.69, 9.17) is 0 Å². The monoisotopic (exact) mass is 141 g/mol. The van der Waals surface area contributed by atoms with Crippen molar-refractivity contribution < 1.29 is 4.39 Å². The number of aryl methyl sites for hydroxylation is 1. The quantitative estimate of drug-likeness (QED) is 0.623. The van der Waals surface area contributed by atoms with Gasteiger partial charge in [-0.15, -0.1) is 0 Å². The third-order valence-electron chi connectivity index (χ3n) is 1.33. The molecule has 54 valence electrons. The number of halogens is 1. The zero-order valence-electron chi connectivity index (χ0n) is 5.65. The summed E-state index contributed by atoms with van der Waals surface area (Å²) in [4.78, 5) is 12.9. The Bertz CT molecular complexity index is 279. The van der Waals surface area contributed by atoms with Gasteiger partial charge < -0.3 is 4.98 Å². The summed E-state index contributed by atoms with van der Waals surface area (Å²) < 4.78 is 12.6. The number of pyridine rings is 1. The summed E-state index contributed by atoms with van der Waals surface area (Å²) in [6.07, 6.45) is 2.00. The lowest BCUT2D eigenvalue weighted by atomic mass is 10.2. The second-order valence-electron chi connectivity index (χ2n) is 2.02.